The lowest BCUT2D eigenvalue weighted by molar-refractivity contribution is 0.494. The van der Waals surface area contributed by atoms with E-state index in [0.29, 0.717) is 12.0 Å². The van der Waals surface area contributed by atoms with Crippen molar-refractivity contribution < 1.29 is 0 Å². The molecule has 2 unspecified atom stereocenters. The summed E-state index contributed by atoms with van der Waals surface area (Å²) < 4.78 is 0. The number of nitrogens with zero attached hydrogens (tertiary/aromatic N) is 1. The molecule has 1 nitrogen and oxygen atoms in total. The summed E-state index contributed by atoms with van der Waals surface area (Å²) >= 11 is 0. The van der Waals surface area contributed by atoms with Crippen molar-refractivity contribution in [2.75, 3.05) is 11.9 Å². The van der Waals surface area contributed by atoms with Crippen LogP contribution in [0, 0.1) is 0 Å². The van der Waals surface area contributed by atoms with Gasteiger partial charge in [-0.2, -0.15) is 0 Å². The molecular weight excluding hydrogens is 218 g/mol. The van der Waals surface area contributed by atoms with Crippen molar-refractivity contribution in [3.05, 3.63) is 42.0 Å². The van der Waals surface area contributed by atoms with E-state index in [9.17, 15) is 0 Å². The molecule has 3 rings (SSSR count). The molecule has 0 aromatic heterocycles. The van der Waals surface area contributed by atoms with Gasteiger partial charge in [0, 0.05) is 30.1 Å². The van der Waals surface area contributed by atoms with Crippen LogP contribution in [0.15, 0.2) is 36.4 Å². The number of benzene rings is 2. The monoisotopic (exact) mass is 239 g/mol. The van der Waals surface area contributed by atoms with Gasteiger partial charge in [-0.3, -0.25) is 0 Å². The van der Waals surface area contributed by atoms with Crippen molar-refractivity contribution in [3.63, 3.8) is 0 Å². The Labute approximate surface area is 109 Å². The smallest absolute Gasteiger partial charge is 0.0448 e. The van der Waals surface area contributed by atoms with Crippen LogP contribution >= 0.6 is 0 Å². The molecule has 0 radical (unpaired) electrons. The molecule has 0 amide bonds. The molecule has 2 aromatic carbocycles. The normalized spacial score (nSPS) is 22.5. The van der Waals surface area contributed by atoms with Gasteiger partial charge in [0.25, 0.3) is 0 Å². The third-order valence-electron chi connectivity index (χ3n) is 4.44. The van der Waals surface area contributed by atoms with Crippen LogP contribution in [-0.4, -0.2) is 13.1 Å². The van der Waals surface area contributed by atoms with Crippen LogP contribution in [0.1, 0.15) is 38.2 Å². The van der Waals surface area contributed by atoms with E-state index >= 15 is 0 Å². The first-order valence-corrected chi connectivity index (χ1v) is 6.98. The molecule has 18 heavy (non-hydrogen) atoms. The van der Waals surface area contributed by atoms with Crippen LogP contribution in [-0.2, 0) is 0 Å². The molecule has 0 fully saturated rings. The number of likely N-dealkylation sites (N-methyl/N-ethyl adjacent to an activating group) is 1. The summed E-state index contributed by atoms with van der Waals surface area (Å²) in [4.78, 5) is 2.49. The van der Waals surface area contributed by atoms with E-state index in [1.165, 1.54) is 34.9 Å². The van der Waals surface area contributed by atoms with E-state index in [2.05, 4.69) is 62.2 Å². The number of anilines is 1. The average Bonchev–Trinajstić information content (AvgIpc) is 2.40. The van der Waals surface area contributed by atoms with E-state index in [4.69, 9.17) is 0 Å². The summed E-state index contributed by atoms with van der Waals surface area (Å²) in [6.45, 7) is 4.66. The minimum atomic E-state index is 0.619. The third kappa shape index (κ3) is 1.53. The highest BCUT2D eigenvalue weighted by Crippen LogP contribution is 2.42. The number of rotatable bonds is 2. The van der Waals surface area contributed by atoms with Crippen LogP contribution in [0.5, 0.6) is 0 Å². The largest absolute Gasteiger partial charge is 0.370 e. The molecule has 1 heteroatoms. The predicted octanol–water partition coefficient (Wildman–Crippen LogP) is 4.56. The lowest BCUT2D eigenvalue weighted by atomic mass is 9.82. The van der Waals surface area contributed by atoms with Gasteiger partial charge in [0.15, 0.2) is 0 Å². The van der Waals surface area contributed by atoms with Crippen molar-refractivity contribution in [1.29, 1.82) is 0 Å². The topological polar surface area (TPSA) is 3.24 Å². The molecule has 1 aliphatic heterocycles. The van der Waals surface area contributed by atoms with Crippen LogP contribution < -0.4 is 4.90 Å². The van der Waals surface area contributed by atoms with Gasteiger partial charge in [0.2, 0.25) is 0 Å². The third-order valence-corrected chi connectivity index (χ3v) is 4.44. The Hall–Kier alpha value is -1.50. The van der Waals surface area contributed by atoms with Gasteiger partial charge in [-0.15, -0.1) is 0 Å². The Bertz CT molecular complexity index is 528. The van der Waals surface area contributed by atoms with Crippen molar-refractivity contribution in [2.45, 2.75) is 38.6 Å². The minimum absolute atomic E-state index is 0.619. The number of hydrogen-bond acceptors (Lipinski definition) is 1. The van der Waals surface area contributed by atoms with Gasteiger partial charge in [0.1, 0.15) is 0 Å². The van der Waals surface area contributed by atoms with E-state index in [1.54, 1.807) is 0 Å². The van der Waals surface area contributed by atoms with Crippen LogP contribution in [0.25, 0.3) is 10.8 Å². The van der Waals surface area contributed by atoms with Crippen LogP contribution in [0.3, 0.4) is 0 Å². The molecule has 0 bridgehead atoms. The Balaban J connectivity index is 2.25. The second-order valence-electron chi connectivity index (χ2n) is 5.48. The molecule has 0 spiro atoms. The first-order valence-electron chi connectivity index (χ1n) is 6.98. The molecule has 2 aromatic rings. The van der Waals surface area contributed by atoms with Crippen molar-refractivity contribution in [2.24, 2.45) is 0 Å². The lowest BCUT2D eigenvalue weighted by Gasteiger charge is -2.40. The van der Waals surface area contributed by atoms with E-state index < -0.39 is 0 Å². The molecule has 94 valence electrons. The SMILES string of the molecule is CCCC1C(C)c2cccc3cccc(c23)N1C. The zero-order valence-corrected chi connectivity index (χ0v) is 11.5. The maximum absolute atomic E-state index is 2.49. The molecule has 0 N–H and O–H groups in total. The van der Waals surface area contributed by atoms with Gasteiger partial charge in [-0.05, 0) is 23.4 Å². The summed E-state index contributed by atoms with van der Waals surface area (Å²) in [5, 5.41) is 2.83. The first kappa shape index (κ1) is 11.6. The Morgan fingerprint density at radius 2 is 1.83 bits per heavy atom. The highest BCUT2D eigenvalue weighted by molar-refractivity contribution is 5.98. The second kappa shape index (κ2) is 4.31. The summed E-state index contributed by atoms with van der Waals surface area (Å²) in [5.74, 6) is 0.619. The minimum Gasteiger partial charge on any atom is -0.370 e. The molecule has 1 heterocycles. The Morgan fingerprint density at radius 3 is 2.56 bits per heavy atom. The summed E-state index contributed by atoms with van der Waals surface area (Å²) in [5.41, 5.74) is 2.93. The van der Waals surface area contributed by atoms with Crippen LogP contribution in [0.4, 0.5) is 5.69 Å². The maximum Gasteiger partial charge on any atom is 0.0448 e. The quantitative estimate of drug-likeness (QED) is 0.742. The van der Waals surface area contributed by atoms with Gasteiger partial charge < -0.3 is 4.90 Å². The fourth-order valence-electron chi connectivity index (χ4n) is 3.48. The Kier molecular flexibility index (Phi) is 2.77. The zero-order chi connectivity index (χ0) is 12.7. The maximum atomic E-state index is 2.49. The van der Waals surface area contributed by atoms with E-state index in [0.717, 1.165) is 0 Å². The summed E-state index contributed by atoms with van der Waals surface area (Å²) in [7, 11) is 2.25. The summed E-state index contributed by atoms with van der Waals surface area (Å²) in [6.07, 6.45) is 2.51. The van der Waals surface area contributed by atoms with E-state index in [-0.39, 0.29) is 0 Å². The van der Waals surface area contributed by atoms with Gasteiger partial charge in [-0.25, -0.2) is 0 Å². The van der Waals surface area contributed by atoms with Gasteiger partial charge in [-0.1, -0.05) is 50.6 Å². The van der Waals surface area contributed by atoms with Crippen molar-refractivity contribution >= 4 is 16.5 Å². The van der Waals surface area contributed by atoms with Gasteiger partial charge >= 0.3 is 0 Å². The fraction of sp³-hybridized carbons (Fsp3) is 0.412. The Morgan fingerprint density at radius 1 is 1.11 bits per heavy atom. The molecule has 0 aliphatic carbocycles. The molecule has 1 aliphatic rings. The molecular formula is C17H21N. The first-order chi connectivity index (χ1) is 8.74. The van der Waals surface area contributed by atoms with Crippen molar-refractivity contribution in [3.8, 4) is 0 Å². The zero-order valence-electron chi connectivity index (χ0n) is 11.5. The standard InChI is InChI=1S/C17H21N/c1-4-7-15-12(2)14-10-5-8-13-9-6-11-16(17(13)14)18(15)3/h5-6,8-12,15H,4,7H2,1-3H3. The highest BCUT2D eigenvalue weighted by atomic mass is 15.1. The molecule has 0 saturated carbocycles. The van der Waals surface area contributed by atoms with Gasteiger partial charge in [0.05, 0.1) is 0 Å². The van der Waals surface area contributed by atoms with Crippen molar-refractivity contribution in [1.82, 2.24) is 0 Å². The molecule has 0 saturated heterocycles. The molecule has 2 atom stereocenters. The van der Waals surface area contributed by atoms with E-state index in [1.807, 2.05) is 0 Å². The average molecular weight is 239 g/mol. The highest BCUT2D eigenvalue weighted by Gasteiger charge is 2.30. The predicted molar refractivity (Wildman–Crippen MR) is 79.5 cm³/mol. The lowest BCUT2D eigenvalue weighted by Crippen LogP contribution is -2.38. The fourth-order valence-corrected chi connectivity index (χ4v) is 3.48. The summed E-state index contributed by atoms with van der Waals surface area (Å²) in [6, 6.07) is 14.0. The number of hydrogen-bond donors (Lipinski definition) is 0. The second-order valence-corrected chi connectivity index (χ2v) is 5.48. The van der Waals surface area contributed by atoms with Crippen LogP contribution in [0.2, 0.25) is 0 Å².